The zero-order chi connectivity index (χ0) is 23.6. The summed E-state index contributed by atoms with van der Waals surface area (Å²) in [5.74, 6) is 1.66. The van der Waals surface area contributed by atoms with Crippen LogP contribution < -0.4 is 9.88 Å². The molecule has 0 radical (unpaired) electrons. The topological polar surface area (TPSA) is 103 Å². The molecule has 2 N–H and O–H groups in total. The number of sulfonamides is 1. The van der Waals surface area contributed by atoms with Crippen molar-refractivity contribution in [1.82, 2.24) is 4.90 Å². The first-order valence-corrected chi connectivity index (χ1v) is 12.6. The van der Waals surface area contributed by atoms with E-state index in [1.54, 1.807) is 42.4 Å². The molecular weight excluding hydrogens is 480 g/mol. The molecule has 0 unspecified atom stereocenters. The Morgan fingerprint density at radius 2 is 1.79 bits per heavy atom. The number of carbonyl (C=O) groups is 1. The van der Waals surface area contributed by atoms with Gasteiger partial charge in [0.2, 0.25) is 10.0 Å². The molecule has 2 aromatic carbocycles. The lowest BCUT2D eigenvalue weighted by Crippen LogP contribution is -2.30. The molecule has 0 bridgehead atoms. The number of benzene rings is 2. The van der Waals surface area contributed by atoms with Gasteiger partial charge < -0.3 is 9.15 Å². The first-order valence-electron chi connectivity index (χ1n) is 9.86. The number of methoxy groups -OCH3 is 1. The Bertz CT molecular complexity index is 1330. The highest BCUT2D eigenvalue weighted by molar-refractivity contribution is 8.26. The molecule has 1 fully saturated rings. The van der Waals surface area contributed by atoms with E-state index in [4.69, 9.17) is 26.5 Å². The van der Waals surface area contributed by atoms with E-state index in [9.17, 15) is 13.2 Å². The average Bonchev–Trinajstić information content (AvgIpc) is 3.37. The van der Waals surface area contributed by atoms with E-state index >= 15 is 0 Å². The van der Waals surface area contributed by atoms with E-state index in [-0.39, 0.29) is 10.8 Å². The monoisotopic (exact) mass is 500 g/mol. The maximum atomic E-state index is 12.9. The lowest BCUT2D eigenvalue weighted by molar-refractivity contribution is -0.122. The zero-order valence-corrected chi connectivity index (χ0v) is 20.0. The molecule has 4 rings (SSSR count). The van der Waals surface area contributed by atoms with Crippen LogP contribution in [0.4, 0.5) is 0 Å². The summed E-state index contributed by atoms with van der Waals surface area (Å²) in [6, 6.07) is 17.3. The van der Waals surface area contributed by atoms with Crippen LogP contribution in [0.25, 0.3) is 17.4 Å². The average molecular weight is 501 g/mol. The van der Waals surface area contributed by atoms with E-state index in [1.807, 2.05) is 24.3 Å². The smallest absolute Gasteiger partial charge is 0.266 e. The van der Waals surface area contributed by atoms with Crippen molar-refractivity contribution in [2.45, 2.75) is 11.3 Å². The normalized spacial score (nSPS) is 15.5. The Morgan fingerprint density at radius 3 is 2.42 bits per heavy atom. The Labute approximate surface area is 201 Å². The molecule has 33 heavy (non-hydrogen) atoms. The number of rotatable bonds is 7. The summed E-state index contributed by atoms with van der Waals surface area (Å²) in [6.07, 6.45) is 2.33. The van der Waals surface area contributed by atoms with Crippen molar-refractivity contribution in [2.75, 3.05) is 13.7 Å². The van der Waals surface area contributed by atoms with Crippen molar-refractivity contribution in [3.05, 3.63) is 76.9 Å². The number of carbonyl (C=O) groups excluding carboxylic acids is 1. The molecule has 7 nitrogen and oxygen atoms in total. The Balaban J connectivity index is 1.44. The molecule has 0 saturated carbocycles. The summed E-state index contributed by atoms with van der Waals surface area (Å²) in [5, 5.41) is 5.13. The number of nitrogens with zero attached hydrogens (tertiary/aromatic N) is 1. The van der Waals surface area contributed by atoms with Gasteiger partial charge in [0.25, 0.3) is 5.91 Å². The third-order valence-electron chi connectivity index (χ3n) is 5.02. The number of furan rings is 1. The SMILES string of the molecule is COc1ccc(CCN2C(=O)C(=Cc3ccc(-c4ccc(S(N)(=O)=O)cc4)o3)SC2=S)cc1. The van der Waals surface area contributed by atoms with E-state index in [1.165, 1.54) is 23.9 Å². The highest BCUT2D eigenvalue weighted by atomic mass is 32.2. The first kappa shape index (κ1) is 23.2. The van der Waals surface area contributed by atoms with E-state index in [0.29, 0.717) is 39.3 Å². The van der Waals surface area contributed by atoms with Crippen molar-refractivity contribution in [2.24, 2.45) is 5.14 Å². The van der Waals surface area contributed by atoms with Gasteiger partial charge in [-0.25, -0.2) is 13.6 Å². The minimum atomic E-state index is -3.76. The third-order valence-corrected chi connectivity index (χ3v) is 7.33. The second-order valence-electron chi connectivity index (χ2n) is 7.20. The Hall–Kier alpha value is -2.92. The van der Waals surface area contributed by atoms with E-state index in [2.05, 4.69) is 0 Å². The fraction of sp³-hybridized carbons (Fsp3) is 0.130. The van der Waals surface area contributed by atoms with Crippen molar-refractivity contribution in [3.63, 3.8) is 0 Å². The van der Waals surface area contributed by atoms with Crippen molar-refractivity contribution in [3.8, 4) is 17.1 Å². The minimum absolute atomic E-state index is 0.0244. The number of ether oxygens (including phenoxy) is 1. The quantitative estimate of drug-likeness (QED) is 0.386. The second-order valence-corrected chi connectivity index (χ2v) is 10.4. The zero-order valence-electron chi connectivity index (χ0n) is 17.6. The highest BCUT2D eigenvalue weighted by Crippen LogP contribution is 2.34. The van der Waals surface area contributed by atoms with Gasteiger partial charge in [-0.15, -0.1) is 0 Å². The predicted octanol–water partition coefficient (Wildman–Crippen LogP) is 4.05. The maximum Gasteiger partial charge on any atom is 0.266 e. The van der Waals surface area contributed by atoms with Gasteiger partial charge in [-0.2, -0.15) is 0 Å². The van der Waals surface area contributed by atoms with Crippen LogP contribution in [0.15, 0.2) is 74.9 Å². The van der Waals surface area contributed by atoms with Crippen molar-refractivity contribution < 1.29 is 22.4 Å². The molecule has 1 amide bonds. The fourth-order valence-corrected chi connectivity index (χ4v) is 5.05. The molecule has 0 atom stereocenters. The number of hydrogen-bond acceptors (Lipinski definition) is 7. The molecule has 3 aromatic rings. The van der Waals surface area contributed by atoms with Crippen LogP contribution in [0.2, 0.25) is 0 Å². The van der Waals surface area contributed by atoms with Crippen molar-refractivity contribution >= 4 is 50.3 Å². The number of nitrogens with two attached hydrogens (primary N) is 1. The van der Waals surface area contributed by atoms with Gasteiger partial charge in [0.15, 0.2) is 0 Å². The molecule has 1 aliphatic heterocycles. The molecule has 1 aromatic heterocycles. The van der Waals surface area contributed by atoms with Crippen LogP contribution in [-0.2, 0) is 21.2 Å². The van der Waals surface area contributed by atoms with Gasteiger partial charge in [0.1, 0.15) is 21.6 Å². The summed E-state index contributed by atoms with van der Waals surface area (Å²) in [7, 11) is -2.14. The molecule has 10 heteroatoms. The van der Waals surface area contributed by atoms with E-state index in [0.717, 1.165) is 11.3 Å². The summed E-state index contributed by atoms with van der Waals surface area (Å²) in [6.45, 7) is 0.480. The van der Waals surface area contributed by atoms with Gasteiger partial charge in [-0.05, 0) is 60.5 Å². The fourth-order valence-electron chi connectivity index (χ4n) is 3.25. The Kier molecular flexibility index (Phi) is 6.71. The third kappa shape index (κ3) is 5.36. The number of thioether (sulfide) groups is 1. The molecule has 0 spiro atoms. The van der Waals surface area contributed by atoms with Crippen LogP contribution in [0, 0.1) is 0 Å². The highest BCUT2D eigenvalue weighted by Gasteiger charge is 2.32. The van der Waals surface area contributed by atoms with E-state index < -0.39 is 10.0 Å². The Morgan fingerprint density at radius 1 is 1.09 bits per heavy atom. The number of hydrogen-bond donors (Lipinski definition) is 1. The number of amides is 1. The maximum absolute atomic E-state index is 12.9. The lowest BCUT2D eigenvalue weighted by Gasteiger charge is -2.14. The van der Waals surface area contributed by atoms with Gasteiger partial charge >= 0.3 is 0 Å². The van der Waals surface area contributed by atoms with Crippen LogP contribution in [0.1, 0.15) is 11.3 Å². The van der Waals surface area contributed by atoms with Gasteiger partial charge in [-0.3, -0.25) is 9.69 Å². The van der Waals surface area contributed by atoms with Crippen molar-refractivity contribution in [1.29, 1.82) is 0 Å². The molecule has 0 aliphatic carbocycles. The summed E-state index contributed by atoms with van der Waals surface area (Å²) in [4.78, 5) is 15.0. The van der Waals surface area contributed by atoms with Gasteiger partial charge in [0.05, 0.1) is 16.9 Å². The number of primary sulfonamides is 1. The minimum Gasteiger partial charge on any atom is -0.497 e. The summed E-state index contributed by atoms with van der Waals surface area (Å²) < 4.78 is 34.3. The molecule has 1 aliphatic rings. The molecule has 1 saturated heterocycles. The molecule has 170 valence electrons. The van der Waals surface area contributed by atoms with Crippen LogP contribution in [0.5, 0.6) is 5.75 Å². The molecule has 2 heterocycles. The molecular formula is C23H20N2O5S3. The van der Waals surface area contributed by atoms with Crippen LogP contribution >= 0.6 is 24.0 Å². The van der Waals surface area contributed by atoms with Crippen LogP contribution in [0.3, 0.4) is 0 Å². The summed E-state index contributed by atoms with van der Waals surface area (Å²) >= 11 is 6.64. The lowest BCUT2D eigenvalue weighted by atomic mass is 10.1. The first-order chi connectivity index (χ1) is 15.7. The van der Waals surface area contributed by atoms with Gasteiger partial charge in [0, 0.05) is 18.2 Å². The standard InChI is InChI=1S/C23H20N2O5S3/c1-29-17-6-2-15(3-7-17)12-13-25-22(26)21(32-23(25)31)14-18-8-11-20(30-18)16-4-9-19(10-5-16)33(24,27)28/h2-11,14H,12-13H2,1H3,(H2,24,27,28). The van der Waals surface area contributed by atoms with Crippen LogP contribution in [-0.4, -0.2) is 37.2 Å². The largest absolute Gasteiger partial charge is 0.497 e. The predicted molar refractivity (Wildman–Crippen MR) is 132 cm³/mol. The second kappa shape index (κ2) is 9.52. The number of thiocarbonyl (C=S) groups is 1. The summed E-state index contributed by atoms with van der Waals surface area (Å²) in [5.41, 5.74) is 1.77. The van der Waals surface area contributed by atoms with Gasteiger partial charge in [-0.1, -0.05) is 36.1 Å².